The van der Waals surface area contributed by atoms with Crippen LogP contribution in [-0.4, -0.2) is 21.3 Å². The van der Waals surface area contributed by atoms with E-state index in [9.17, 15) is 4.79 Å². The minimum atomic E-state index is -1.12. The standard InChI is InChI=1S/C9H12N2O3S/c1-9(2-3-9)6-5(4-12)10-7(15-6)11-8(13)14/h12H,2-4H2,1H3,(H,10,11)(H,13,14). The van der Waals surface area contributed by atoms with Gasteiger partial charge in [-0.25, -0.2) is 9.78 Å². The summed E-state index contributed by atoms with van der Waals surface area (Å²) in [6.07, 6.45) is 1.03. The molecule has 1 aromatic heterocycles. The molecule has 0 aromatic carbocycles. The van der Waals surface area contributed by atoms with Crippen molar-refractivity contribution in [3.8, 4) is 0 Å². The molecule has 6 heteroatoms. The molecule has 3 N–H and O–H groups in total. The molecule has 82 valence electrons. The number of aliphatic hydroxyl groups is 1. The summed E-state index contributed by atoms with van der Waals surface area (Å²) in [6.45, 7) is 1.97. The SMILES string of the molecule is CC1(c2sc(NC(=O)O)nc2CO)CC1. The lowest BCUT2D eigenvalue weighted by atomic mass is 10.1. The van der Waals surface area contributed by atoms with Crippen molar-refractivity contribution < 1.29 is 15.0 Å². The highest BCUT2D eigenvalue weighted by atomic mass is 32.1. The molecule has 0 radical (unpaired) electrons. The number of nitrogens with zero attached hydrogens (tertiary/aromatic N) is 1. The fourth-order valence-corrected chi connectivity index (χ4v) is 2.66. The molecular weight excluding hydrogens is 216 g/mol. The number of anilines is 1. The van der Waals surface area contributed by atoms with E-state index in [1.165, 1.54) is 11.3 Å². The van der Waals surface area contributed by atoms with E-state index in [-0.39, 0.29) is 12.0 Å². The Labute approximate surface area is 90.8 Å². The first-order chi connectivity index (χ1) is 7.05. The molecule has 0 unspecified atom stereocenters. The van der Waals surface area contributed by atoms with Gasteiger partial charge in [0.05, 0.1) is 12.3 Å². The predicted molar refractivity (Wildman–Crippen MR) is 56.3 cm³/mol. The van der Waals surface area contributed by atoms with Gasteiger partial charge < -0.3 is 10.2 Å². The zero-order chi connectivity index (χ0) is 11.1. The molecular formula is C9H12N2O3S. The van der Waals surface area contributed by atoms with E-state index in [0.29, 0.717) is 10.8 Å². The second-order valence-corrected chi connectivity index (χ2v) is 4.94. The minimum Gasteiger partial charge on any atom is -0.465 e. The summed E-state index contributed by atoms with van der Waals surface area (Å²) in [4.78, 5) is 15.5. The number of aliphatic hydroxyl groups excluding tert-OH is 1. The topological polar surface area (TPSA) is 82.5 Å². The van der Waals surface area contributed by atoms with Crippen LogP contribution in [0, 0.1) is 0 Å². The van der Waals surface area contributed by atoms with Crippen molar-refractivity contribution in [1.29, 1.82) is 0 Å². The highest BCUT2D eigenvalue weighted by molar-refractivity contribution is 7.16. The Morgan fingerprint density at radius 1 is 1.67 bits per heavy atom. The molecule has 2 rings (SSSR count). The van der Waals surface area contributed by atoms with Crippen LogP contribution in [0.25, 0.3) is 0 Å². The Balaban J connectivity index is 2.29. The van der Waals surface area contributed by atoms with Crippen molar-refractivity contribution in [1.82, 2.24) is 4.98 Å². The summed E-state index contributed by atoms with van der Waals surface area (Å²) in [5.41, 5.74) is 0.706. The van der Waals surface area contributed by atoms with Gasteiger partial charge in [-0.3, -0.25) is 5.32 Å². The molecule has 1 aliphatic carbocycles. The van der Waals surface area contributed by atoms with Gasteiger partial charge in [-0.05, 0) is 12.8 Å². The Kier molecular flexibility index (Phi) is 2.40. The maximum absolute atomic E-state index is 10.4. The van der Waals surface area contributed by atoms with Crippen molar-refractivity contribution in [2.75, 3.05) is 5.32 Å². The number of nitrogens with one attached hydrogen (secondary N) is 1. The number of aromatic nitrogens is 1. The fraction of sp³-hybridized carbons (Fsp3) is 0.556. The first kappa shape index (κ1) is 10.4. The van der Waals surface area contributed by atoms with Crippen LogP contribution in [0.1, 0.15) is 30.3 Å². The van der Waals surface area contributed by atoms with Gasteiger partial charge in [0.25, 0.3) is 0 Å². The first-order valence-electron chi connectivity index (χ1n) is 4.66. The number of rotatable bonds is 3. The molecule has 5 nitrogen and oxygen atoms in total. The second kappa shape index (κ2) is 3.46. The Hall–Kier alpha value is -1.14. The molecule has 0 aliphatic heterocycles. The van der Waals surface area contributed by atoms with Crippen molar-refractivity contribution in [3.63, 3.8) is 0 Å². The van der Waals surface area contributed by atoms with E-state index in [2.05, 4.69) is 17.2 Å². The van der Waals surface area contributed by atoms with E-state index >= 15 is 0 Å². The predicted octanol–water partition coefficient (Wildman–Crippen LogP) is 1.78. The Morgan fingerprint density at radius 2 is 2.33 bits per heavy atom. The van der Waals surface area contributed by atoms with Gasteiger partial charge in [0, 0.05) is 10.3 Å². The lowest BCUT2D eigenvalue weighted by molar-refractivity contribution is 0.209. The van der Waals surface area contributed by atoms with Crippen LogP contribution in [-0.2, 0) is 12.0 Å². The molecule has 15 heavy (non-hydrogen) atoms. The van der Waals surface area contributed by atoms with E-state index < -0.39 is 6.09 Å². The molecule has 1 aromatic rings. The summed E-state index contributed by atoms with van der Waals surface area (Å²) in [6, 6.07) is 0. The molecule has 1 fully saturated rings. The number of carboxylic acid groups (broad SMARTS) is 1. The van der Waals surface area contributed by atoms with Crippen molar-refractivity contribution in [3.05, 3.63) is 10.6 Å². The maximum Gasteiger partial charge on any atom is 0.410 e. The minimum absolute atomic E-state index is 0.105. The normalized spacial score (nSPS) is 17.5. The van der Waals surface area contributed by atoms with Crippen molar-refractivity contribution in [2.24, 2.45) is 0 Å². The molecule has 0 saturated heterocycles. The fourth-order valence-electron chi connectivity index (χ4n) is 1.49. The van der Waals surface area contributed by atoms with Gasteiger partial charge in [-0.2, -0.15) is 0 Å². The third kappa shape index (κ3) is 1.95. The van der Waals surface area contributed by atoms with Gasteiger partial charge >= 0.3 is 6.09 Å². The molecule has 1 heterocycles. The molecule has 1 aliphatic rings. The largest absolute Gasteiger partial charge is 0.465 e. The number of amides is 1. The highest BCUT2D eigenvalue weighted by Gasteiger charge is 2.42. The highest BCUT2D eigenvalue weighted by Crippen LogP contribution is 2.51. The van der Waals surface area contributed by atoms with Gasteiger partial charge in [0.2, 0.25) is 0 Å². The van der Waals surface area contributed by atoms with Crippen molar-refractivity contribution in [2.45, 2.75) is 31.8 Å². The van der Waals surface area contributed by atoms with Gasteiger partial charge in [-0.15, -0.1) is 11.3 Å². The lowest BCUT2D eigenvalue weighted by Gasteiger charge is -2.05. The number of thiazole rings is 1. The molecule has 0 atom stereocenters. The summed E-state index contributed by atoms with van der Waals surface area (Å²) in [7, 11) is 0. The van der Waals surface area contributed by atoms with E-state index in [1.807, 2.05) is 0 Å². The van der Waals surface area contributed by atoms with E-state index in [0.717, 1.165) is 17.7 Å². The third-order valence-electron chi connectivity index (χ3n) is 2.61. The number of carbonyl (C=O) groups is 1. The van der Waals surface area contributed by atoms with Gasteiger partial charge in [-0.1, -0.05) is 6.92 Å². The zero-order valence-corrected chi connectivity index (χ0v) is 9.10. The van der Waals surface area contributed by atoms with E-state index in [1.54, 1.807) is 0 Å². The molecule has 1 saturated carbocycles. The molecule has 0 bridgehead atoms. The number of hydrogen-bond acceptors (Lipinski definition) is 4. The molecule has 1 amide bonds. The second-order valence-electron chi connectivity index (χ2n) is 3.94. The molecule has 0 spiro atoms. The maximum atomic E-state index is 10.4. The monoisotopic (exact) mass is 228 g/mol. The van der Waals surface area contributed by atoms with Gasteiger partial charge in [0.15, 0.2) is 5.13 Å². The summed E-state index contributed by atoms with van der Waals surface area (Å²) >= 11 is 1.32. The average Bonchev–Trinajstić information content (AvgIpc) is 2.77. The Bertz CT molecular complexity index is 398. The van der Waals surface area contributed by atoms with Gasteiger partial charge in [0.1, 0.15) is 0 Å². The van der Waals surface area contributed by atoms with Crippen LogP contribution in [0.3, 0.4) is 0 Å². The summed E-state index contributed by atoms with van der Waals surface area (Å²) in [5, 5.41) is 20.2. The third-order valence-corrected chi connectivity index (χ3v) is 3.93. The van der Waals surface area contributed by atoms with Crippen LogP contribution in [0.2, 0.25) is 0 Å². The average molecular weight is 228 g/mol. The smallest absolute Gasteiger partial charge is 0.410 e. The summed E-state index contributed by atoms with van der Waals surface area (Å²) in [5.74, 6) is 0. The van der Waals surface area contributed by atoms with Crippen LogP contribution >= 0.6 is 11.3 Å². The lowest BCUT2D eigenvalue weighted by Crippen LogP contribution is -2.06. The van der Waals surface area contributed by atoms with Crippen LogP contribution < -0.4 is 5.32 Å². The van der Waals surface area contributed by atoms with Crippen LogP contribution in [0.15, 0.2) is 0 Å². The van der Waals surface area contributed by atoms with Crippen LogP contribution in [0.5, 0.6) is 0 Å². The van der Waals surface area contributed by atoms with Crippen molar-refractivity contribution >= 4 is 22.6 Å². The van der Waals surface area contributed by atoms with Crippen LogP contribution in [0.4, 0.5) is 9.93 Å². The quantitative estimate of drug-likeness (QED) is 0.736. The number of hydrogen-bond donors (Lipinski definition) is 3. The Morgan fingerprint density at radius 3 is 2.80 bits per heavy atom. The van der Waals surface area contributed by atoms with E-state index in [4.69, 9.17) is 10.2 Å². The first-order valence-corrected chi connectivity index (χ1v) is 5.48. The summed E-state index contributed by atoms with van der Waals surface area (Å²) < 4.78 is 0. The zero-order valence-electron chi connectivity index (χ0n) is 8.28.